The minimum atomic E-state index is -4.97. The van der Waals surface area contributed by atoms with Crippen molar-refractivity contribution < 1.29 is 35.8 Å². The lowest BCUT2D eigenvalue weighted by atomic mass is 10.1. The normalized spacial score (nSPS) is 19.9. The van der Waals surface area contributed by atoms with Gasteiger partial charge in [0.1, 0.15) is 11.6 Å². The van der Waals surface area contributed by atoms with Gasteiger partial charge in [0.25, 0.3) is 5.91 Å². The molecule has 162 valence electrons. The lowest BCUT2D eigenvalue weighted by molar-refractivity contribution is -0.138. The molecule has 2 amide bonds. The third-order valence-corrected chi connectivity index (χ3v) is 6.84. The van der Waals surface area contributed by atoms with Gasteiger partial charge in [-0.2, -0.15) is 17.5 Å². The maximum Gasteiger partial charge on any atom is 0.417 e. The van der Waals surface area contributed by atoms with E-state index in [0.29, 0.717) is 17.9 Å². The van der Waals surface area contributed by atoms with Crippen molar-refractivity contribution in [2.24, 2.45) is 4.36 Å². The van der Waals surface area contributed by atoms with E-state index in [1.807, 2.05) is 0 Å². The molecule has 1 aromatic heterocycles. The van der Waals surface area contributed by atoms with Gasteiger partial charge in [0.2, 0.25) is 5.91 Å². The van der Waals surface area contributed by atoms with Crippen LogP contribution in [-0.2, 0) is 27.1 Å². The third kappa shape index (κ3) is 5.26. The summed E-state index contributed by atoms with van der Waals surface area (Å²) in [6.45, 7) is 0.329. The second-order valence-corrected chi connectivity index (χ2v) is 9.30. The van der Waals surface area contributed by atoms with Crippen LogP contribution in [0.5, 0.6) is 0 Å². The van der Waals surface area contributed by atoms with Crippen molar-refractivity contribution in [2.75, 3.05) is 24.6 Å². The summed E-state index contributed by atoms with van der Waals surface area (Å²) in [6.07, 6.45) is -3.23. The number of carbonyl (C=O) groups excluding carboxylic acids is 2. The van der Waals surface area contributed by atoms with Crippen LogP contribution >= 0.6 is 0 Å². The summed E-state index contributed by atoms with van der Waals surface area (Å²) in [5.74, 6) is -2.43. The summed E-state index contributed by atoms with van der Waals surface area (Å²) in [5, 5.41) is 0. The van der Waals surface area contributed by atoms with Crippen LogP contribution in [0.4, 0.5) is 17.6 Å². The smallest absolute Gasteiger partial charge is 0.417 e. The maximum absolute atomic E-state index is 13.2. The van der Waals surface area contributed by atoms with Gasteiger partial charge in [-0.3, -0.25) is 9.59 Å². The van der Waals surface area contributed by atoms with Crippen molar-refractivity contribution in [1.82, 2.24) is 4.90 Å². The van der Waals surface area contributed by atoms with Crippen molar-refractivity contribution in [3.8, 4) is 0 Å². The van der Waals surface area contributed by atoms with Gasteiger partial charge in [0.15, 0.2) is 0 Å². The van der Waals surface area contributed by atoms with E-state index in [-0.39, 0.29) is 49.4 Å². The number of furan rings is 1. The Bertz CT molecular complexity index is 1060. The topological polar surface area (TPSA) is 80.0 Å². The molecule has 1 unspecified atom stereocenters. The zero-order valence-corrected chi connectivity index (χ0v) is 16.5. The van der Waals surface area contributed by atoms with Crippen LogP contribution in [0.3, 0.4) is 0 Å². The third-order valence-electron chi connectivity index (χ3n) is 4.60. The Balaban J connectivity index is 1.78. The number of carbonyl (C=O) groups is 2. The fourth-order valence-corrected chi connectivity index (χ4v) is 4.97. The first-order valence-corrected chi connectivity index (χ1v) is 10.9. The van der Waals surface area contributed by atoms with E-state index >= 15 is 0 Å². The molecular formula is C19H18F4N2O4S. The molecule has 1 atom stereocenters. The van der Waals surface area contributed by atoms with Crippen LogP contribution in [0.1, 0.15) is 28.1 Å². The van der Waals surface area contributed by atoms with Crippen molar-refractivity contribution in [3.05, 3.63) is 59.3 Å². The van der Waals surface area contributed by atoms with E-state index < -0.39 is 38.8 Å². The number of halogens is 4. The summed E-state index contributed by atoms with van der Waals surface area (Å²) in [4.78, 5) is 26.2. The van der Waals surface area contributed by atoms with Crippen LogP contribution in [-0.4, -0.2) is 45.5 Å². The van der Waals surface area contributed by atoms with Gasteiger partial charge in [0.05, 0.1) is 33.5 Å². The van der Waals surface area contributed by atoms with E-state index in [9.17, 15) is 31.4 Å². The van der Waals surface area contributed by atoms with Gasteiger partial charge < -0.3 is 9.32 Å². The molecule has 0 radical (unpaired) electrons. The largest absolute Gasteiger partial charge is 0.469 e. The average molecular weight is 446 g/mol. The first-order chi connectivity index (χ1) is 14.1. The number of alkyl halides is 3. The molecular weight excluding hydrogens is 428 g/mol. The van der Waals surface area contributed by atoms with Gasteiger partial charge in [-0.1, -0.05) is 0 Å². The Hall–Kier alpha value is -2.69. The summed E-state index contributed by atoms with van der Waals surface area (Å²) in [6, 6.07) is 4.90. The van der Waals surface area contributed by atoms with Gasteiger partial charge >= 0.3 is 6.18 Å². The first kappa shape index (κ1) is 22.0. The van der Waals surface area contributed by atoms with Crippen LogP contribution in [0.25, 0.3) is 0 Å². The summed E-state index contributed by atoms with van der Waals surface area (Å²) < 4.78 is 74.4. The maximum atomic E-state index is 13.2. The quantitative estimate of drug-likeness (QED) is 0.676. The van der Waals surface area contributed by atoms with Gasteiger partial charge in [-0.05, 0) is 36.8 Å². The molecule has 6 nitrogen and oxygen atoms in total. The zero-order valence-electron chi connectivity index (χ0n) is 15.7. The second kappa shape index (κ2) is 8.58. The molecule has 0 aliphatic carbocycles. The standard InChI is InChI=1S/C19H18F4N2O4S/c20-13-4-5-15(16(11-13)19(21,22)23)18(27)24-30(28)9-2-6-25(7-10-30)17(26)12-14-3-1-8-29-14/h1,3-5,8,11H,2,6-7,9-10,12H2. The molecule has 1 fully saturated rings. The minimum absolute atomic E-state index is 0.0226. The Kier molecular flexibility index (Phi) is 6.30. The van der Waals surface area contributed by atoms with Crippen LogP contribution < -0.4 is 0 Å². The molecule has 1 saturated heterocycles. The molecule has 2 aromatic rings. The SMILES string of the molecule is O=C(N=S1(=O)CCCN(C(=O)Cc2ccco2)CC1)c1ccc(F)cc1C(F)(F)F. The second-order valence-electron chi connectivity index (χ2n) is 6.76. The molecule has 0 N–H and O–H groups in total. The highest BCUT2D eigenvalue weighted by molar-refractivity contribution is 7.93. The number of amides is 2. The van der Waals surface area contributed by atoms with Crippen LogP contribution in [0, 0.1) is 5.82 Å². The molecule has 2 heterocycles. The Morgan fingerprint density at radius 3 is 2.60 bits per heavy atom. The van der Waals surface area contributed by atoms with E-state index in [0.717, 1.165) is 0 Å². The van der Waals surface area contributed by atoms with Crippen LogP contribution in [0.2, 0.25) is 0 Å². The van der Waals surface area contributed by atoms with Crippen molar-refractivity contribution >= 4 is 21.5 Å². The zero-order chi connectivity index (χ0) is 21.9. The van der Waals surface area contributed by atoms with E-state index in [2.05, 4.69) is 4.36 Å². The minimum Gasteiger partial charge on any atom is -0.469 e. The highest BCUT2D eigenvalue weighted by atomic mass is 32.2. The Labute approximate surface area is 170 Å². The molecule has 30 heavy (non-hydrogen) atoms. The van der Waals surface area contributed by atoms with Gasteiger partial charge in [0, 0.05) is 24.6 Å². The molecule has 1 aromatic carbocycles. The molecule has 11 heteroatoms. The number of hydrogen-bond donors (Lipinski definition) is 0. The van der Waals surface area contributed by atoms with Crippen molar-refractivity contribution in [2.45, 2.75) is 19.0 Å². The fraction of sp³-hybridized carbons (Fsp3) is 0.368. The molecule has 0 spiro atoms. The summed E-state index contributed by atoms with van der Waals surface area (Å²) in [5.41, 5.74) is -2.33. The lowest BCUT2D eigenvalue weighted by Crippen LogP contribution is -2.34. The van der Waals surface area contributed by atoms with E-state index in [1.165, 1.54) is 11.2 Å². The first-order valence-electron chi connectivity index (χ1n) is 9.01. The highest BCUT2D eigenvalue weighted by Gasteiger charge is 2.36. The summed E-state index contributed by atoms with van der Waals surface area (Å²) >= 11 is 0. The molecule has 1 aliphatic rings. The molecule has 1 aliphatic heterocycles. The van der Waals surface area contributed by atoms with E-state index in [4.69, 9.17) is 4.42 Å². The predicted octanol–water partition coefficient (Wildman–Crippen LogP) is 3.52. The molecule has 0 bridgehead atoms. The van der Waals surface area contributed by atoms with Crippen molar-refractivity contribution in [1.29, 1.82) is 0 Å². The molecule has 0 saturated carbocycles. The van der Waals surface area contributed by atoms with E-state index in [1.54, 1.807) is 12.1 Å². The molecule has 3 rings (SSSR count). The predicted molar refractivity (Wildman–Crippen MR) is 99.6 cm³/mol. The van der Waals surface area contributed by atoms with Gasteiger partial charge in [-0.25, -0.2) is 8.60 Å². The average Bonchev–Trinajstić information content (AvgIpc) is 3.08. The number of hydrogen-bond acceptors (Lipinski definition) is 4. The van der Waals surface area contributed by atoms with Crippen molar-refractivity contribution in [3.63, 3.8) is 0 Å². The Morgan fingerprint density at radius 1 is 1.17 bits per heavy atom. The summed E-state index contributed by atoms with van der Waals surface area (Å²) in [7, 11) is -3.18. The van der Waals surface area contributed by atoms with Gasteiger partial charge in [-0.15, -0.1) is 0 Å². The van der Waals surface area contributed by atoms with Crippen LogP contribution in [0.15, 0.2) is 45.4 Å². The lowest BCUT2D eigenvalue weighted by Gasteiger charge is -2.19. The highest BCUT2D eigenvalue weighted by Crippen LogP contribution is 2.33. The number of nitrogens with zero attached hydrogens (tertiary/aromatic N) is 2. The Morgan fingerprint density at radius 2 is 1.93 bits per heavy atom. The number of rotatable bonds is 3. The fourth-order valence-electron chi connectivity index (χ4n) is 3.10. The monoisotopic (exact) mass is 446 g/mol. The number of benzene rings is 1.